The Bertz CT molecular complexity index is 207. The number of nitrogens with two attached hydrogens (primary N) is 1. The highest BCUT2D eigenvalue weighted by Crippen LogP contribution is 2.22. The monoisotopic (exact) mass is 170 g/mol. The van der Waals surface area contributed by atoms with E-state index >= 15 is 0 Å². The van der Waals surface area contributed by atoms with Gasteiger partial charge in [-0.1, -0.05) is 0 Å². The Morgan fingerprint density at radius 2 is 1.75 bits per heavy atom. The Hall–Kier alpha value is -0.900. The summed E-state index contributed by atoms with van der Waals surface area (Å²) in [4.78, 5) is 23.8. The van der Waals surface area contributed by atoms with Gasteiger partial charge in [0, 0.05) is 19.4 Å². The van der Waals surface area contributed by atoms with Crippen molar-refractivity contribution in [1.29, 1.82) is 0 Å². The van der Waals surface area contributed by atoms with Crippen LogP contribution >= 0.6 is 0 Å². The standard InChI is InChI=1S/C8H14N2O2/c1-8(2,5-9)10-6(11)3-4-7(10)12/h3-5,9H2,1-2H3. The number of hydrogen-bond acceptors (Lipinski definition) is 3. The summed E-state index contributed by atoms with van der Waals surface area (Å²) < 4.78 is 0. The molecular formula is C8H14N2O2. The average molecular weight is 170 g/mol. The molecule has 2 amide bonds. The number of imide groups is 1. The van der Waals surface area contributed by atoms with E-state index in [-0.39, 0.29) is 11.8 Å². The average Bonchev–Trinajstić information content (AvgIpc) is 2.31. The second kappa shape index (κ2) is 2.86. The van der Waals surface area contributed by atoms with Crippen LogP contribution in [0.15, 0.2) is 0 Å². The van der Waals surface area contributed by atoms with Gasteiger partial charge >= 0.3 is 0 Å². The molecule has 4 nitrogen and oxygen atoms in total. The van der Waals surface area contributed by atoms with Crippen molar-refractivity contribution in [3.8, 4) is 0 Å². The second-order valence-corrected chi connectivity index (χ2v) is 3.64. The predicted octanol–water partition coefficient (Wildman–Crippen LogP) is -0.127. The quantitative estimate of drug-likeness (QED) is 0.587. The third-order valence-electron chi connectivity index (χ3n) is 2.16. The van der Waals surface area contributed by atoms with Gasteiger partial charge in [0.05, 0.1) is 5.54 Å². The number of likely N-dealkylation sites (tertiary alicyclic amines) is 1. The Kier molecular flexibility index (Phi) is 2.19. The molecule has 1 saturated heterocycles. The van der Waals surface area contributed by atoms with Gasteiger partial charge in [-0.2, -0.15) is 0 Å². The molecule has 0 radical (unpaired) electrons. The summed E-state index contributed by atoms with van der Waals surface area (Å²) in [5.74, 6) is -0.203. The van der Waals surface area contributed by atoms with Gasteiger partial charge in [0.2, 0.25) is 11.8 Å². The van der Waals surface area contributed by atoms with Crippen LogP contribution in [0, 0.1) is 0 Å². The van der Waals surface area contributed by atoms with E-state index in [1.807, 2.05) is 0 Å². The Labute approximate surface area is 71.7 Å². The molecule has 0 atom stereocenters. The first-order valence-electron chi connectivity index (χ1n) is 4.05. The molecule has 0 aliphatic carbocycles. The fourth-order valence-electron chi connectivity index (χ4n) is 1.34. The summed E-state index contributed by atoms with van der Waals surface area (Å²) in [6, 6.07) is 0. The van der Waals surface area contributed by atoms with Crippen LogP contribution in [0.3, 0.4) is 0 Å². The van der Waals surface area contributed by atoms with Crippen molar-refractivity contribution in [2.75, 3.05) is 6.54 Å². The number of carbonyl (C=O) groups is 2. The van der Waals surface area contributed by atoms with E-state index in [0.717, 1.165) is 0 Å². The second-order valence-electron chi connectivity index (χ2n) is 3.64. The minimum Gasteiger partial charge on any atom is -0.328 e. The fourth-order valence-corrected chi connectivity index (χ4v) is 1.34. The van der Waals surface area contributed by atoms with Gasteiger partial charge in [-0.05, 0) is 13.8 Å². The van der Waals surface area contributed by atoms with Gasteiger partial charge in [0.25, 0.3) is 0 Å². The molecule has 1 heterocycles. The molecule has 0 aromatic rings. The van der Waals surface area contributed by atoms with Crippen molar-refractivity contribution < 1.29 is 9.59 Å². The first-order valence-corrected chi connectivity index (χ1v) is 4.05. The topological polar surface area (TPSA) is 63.4 Å². The zero-order valence-electron chi connectivity index (χ0n) is 7.46. The molecule has 2 N–H and O–H groups in total. The largest absolute Gasteiger partial charge is 0.328 e. The van der Waals surface area contributed by atoms with Crippen molar-refractivity contribution in [2.45, 2.75) is 32.2 Å². The highest BCUT2D eigenvalue weighted by molar-refractivity contribution is 6.02. The number of hydrogen-bond donors (Lipinski definition) is 1. The van der Waals surface area contributed by atoms with E-state index < -0.39 is 5.54 Å². The maximum atomic E-state index is 11.2. The SMILES string of the molecule is CC(C)(CN)N1C(=O)CCC1=O. The predicted molar refractivity (Wildman–Crippen MR) is 44.2 cm³/mol. The van der Waals surface area contributed by atoms with Crippen LogP contribution in [0.4, 0.5) is 0 Å². The van der Waals surface area contributed by atoms with E-state index in [0.29, 0.717) is 19.4 Å². The van der Waals surface area contributed by atoms with Crippen LogP contribution in [-0.2, 0) is 9.59 Å². The molecule has 0 spiro atoms. The third-order valence-corrected chi connectivity index (χ3v) is 2.16. The lowest BCUT2D eigenvalue weighted by atomic mass is 10.0. The summed E-state index contributed by atoms with van der Waals surface area (Å²) in [6.07, 6.45) is 0.671. The molecule has 0 aromatic heterocycles. The summed E-state index contributed by atoms with van der Waals surface area (Å²) >= 11 is 0. The highest BCUT2D eigenvalue weighted by atomic mass is 16.2. The lowest BCUT2D eigenvalue weighted by Crippen LogP contribution is -2.51. The lowest BCUT2D eigenvalue weighted by Gasteiger charge is -2.32. The molecule has 1 aliphatic heterocycles. The first kappa shape index (κ1) is 9.19. The lowest BCUT2D eigenvalue weighted by molar-refractivity contribution is -0.144. The number of amides is 2. The van der Waals surface area contributed by atoms with Gasteiger partial charge in [-0.25, -0.2) is 0 Å². The highest BCUT2D eigenvalue weighted by Gasteiger charge is 2.38. The number of carbonyl (C=O) groups excluding carboxylic acids is 2. The third kappa shape index (κ3) is 1.34. The van der Waals surface area contributed by atoms with Crippen molar-refractivity contribution in [2.24, 2.45) is 5.73 Å². The molecule has 4 heteroatoms. The Morgan fingerprint density at radius 3 is 2.08 bits per heavy atom. The van der Waals surface area contributed by atoms with Crippen molar-refractivity contribution in [3.05, 3.63) is 0 Å². The molecule has 0 bridgehead atoms. The molecule has 0 aromatic carbocycles. The van der Waals surface area contributed by atoms with Crippen LogP contribution < -0.4 is 5.73 Å². The normalized spacial score (nSPS) is 19.1. The molecular weight excluding hydrogens is 156 g/mol. The van der Waals surface area contributed by atoms with E-state index in [1.54, 1.807) is 13.8 Å². The fraction of sp³-hybridized carbons (Fsp3) is 0.750. The summed E-state index contributed by atoms with van der Waals surface area (Å²) in [7, 11) is 0. The zero-order chi connectivity index (χ0) is 9.35. The maximum absolute atomic E-state index is 11.2. The van der Waals surface area contributed by atoms with Crippen molar-refractivity contribution in [3.63, 3.8) is 0 Å². The molecule has 1 aliphatic rings. The summed E-state index contributed by atoms with van der Waals surface area (Å²) in [5, 5.41) is 0. The zero-order valence-corrected chi connectivity index (χ0v) is 7.46. The van der Waals surface area contributed by atoms with Crippen LogP contribution in [0.1, 0.15) is 26.7 Å². The van der Waals surface area contributed by atoms with Crippen LogP contribution in [-0.4, -0.2) is 28.8 Å². The minimum atomic E-state index is -0.523. The van der Waals surface area contributed by atoms with Crippen LogP contribution in [0.5, 0.6) is 0 Å². The molecule has 12 heavy (non-hydrogen) atoms. The van der Waals surface area contributed by atoms with Crippen LogP contribution in [0.25, 0.3) is 0 Å². The smallest absolute Gasteiger partial charge is 0.230 e. The Morgan fingerprint density at radius 1 is 1.33 bits per heavy atom. The van der Waals surface area contributed by atoms with Gasteiger partial charge in [-0.15, -0.1) is 0 Å². The van der Waals surface area contributed by atoms with Gasteiger partial charge < -0.3 is 5.73 Å². The van der Waals surface area contributed by atoms with Crippen LogP contribution in [0.2, 0.25) is 0 Å². The van der Waals surface area contributed by atoms with Gasteiger partial charge in [0.15, 0.2) is 0 Å². The van der Waals surface area contributed by atoms with E-state index in [1.165, 1.54) is 4.90 Å². The molecule has 68 valence electrons. The molecule has 1 fully saturated rings. The number of rotatable bonds is 2. The van der Waals surface area contributed by atoms with E-state index in [2.05, 4.69) is 0 Å². The number of nitrogens with zero attached hydrogens (tertiary/aromatic N) is 1. The molecule has 0 saturated carbocycles. The molecule has 0 unspecified atom stereocenters. The van der Waals surface area contributed by atoms with E-state index in [4.69, 9.17) is 5.73 Å². The van der Waals surface area contributed by atoms with Gasteiger partial charge in [0.1, 0.15) is 0 Å². The first-order chi connectivity index (χ1) is 5.49. The van der Waals surface area contributed by atoms with Crippen molar-refractivity contribution in [1.82, 2.24) is 4.90 Å². The van der Waals surface area contributed by atoms with Crippen molar-refractivity contribution >= 4 is 11.8 Å². The molecule has 1 rings (SSSR count). The summed E-state index contributed by atoms with van der Waals surface area (Å²) in [5.41, 5.74) is 4.94. The van der Waals surface area contributed by atoms with E-state index in [9.17, 15) is 9.59 Å². The minimum absolute atomic E-state index is 0.101. The van der Waals surface area contributed by atoms with Gasteiger partial charge in [-0.3, -0.25) is 14.5 Å². The Balaban J connectivity index is 2.86. The maximum Gasteiger partial charge on any atom is 0.230 e. The summed E-state index contributed by atoms with van der Waals surface area (Å²) in [6.45, 7) is 3.91.